The summed E-state index contributed by atoms with van der Waals surface area (Å²) in [6, 6.07) is 5.76. The molecule has 2 aliphatic rings. The number of rotatable bonds is 5. The normalized spacial score (nSPS) is 15.6. The Morgan fingerprint density at radius 3 is 3.09 bits per heavy atom. The number of carbonyl (C=O) groups excluding carboxylic acids is 1. The highest BCUT2D eigenvalue weighted by atomic mass is 32.1. The third-order valence-corrected chi connectivity index (χ3v) is 4.23. The van der Waals surface area contributed by atoms with Crippen molar-refractivity contribution in [1.29, 1.82) is 0 Å². The second-order valence-corrected chi connectivity index (χ2v) is 6.12. The molecule has 1 fully saturated rings. The van der Waals surface area contributed by atoms with E-state index in [2.05, 4.69) is 10.3 Å². The Kier molecular flexibility index (Phi) is 3.34. The minimum absolute atomic E-state index is 0.104. The van der Waals surface area contributed by atoms with Gasteiger partial charge in [-0.15, -0.1) is 11.3 Å². The summed E-state index contributed by atoms with van der Waals surface area (Å²) in [5.41, 5.74) is 0.459. The summed E-state index contributed by atoms with van der Waals surface area (Å²) in [6.07, 6.45) is 2.13. The van der Waals surface area contributed by atoms with Crippen molar-refractivity contribution in [3.63, 3.8) is 0 Å². The first-order valence-electron chi connectivity index (χ1n) is 7.05. The number of benzene rings is 1. The van der Waals surface area contributed by atoms with Gasteiger partial charge in [-0.1, -0.05) is 0 Å². The Balaban J connectivity index is 1.37. The monoisotopic (exact) mass is 318 g/mol. The Bertz CT molecular complexity index is 711. The van der Waals surface area contributed by atoms with Gasteiger partial charge < -0.3 is 19.5 Å². The zero-order valence-electron chi connectivity index (χ0n) is 11.7. The van der Waals surface area contributed by atoms with Gasteiger partial charge in [0.05, 0.1) is 0 Å². The van der Waals surface area contributed by atoms with Gasteiger partial charge in [-0.05, 0) is 25.0 Å². The maximum Gasteiger partial charge on any atom is 0.270 e. The fraction of sp³-hybridized carbons (Fsp3) is 0.333. The molecule has 2 heterocycles. The summed E-state index contributed by atoms with van der Waals surface area (Å²) < 4.78 is 16.2. The van der Waals surface area contributed by atoms with Crippen LogP contribution in [-0.4, -0.2) is 23.7 Å². The number of fused-ring (bicyclic) bond motifs is 1. The van der Waals surface area contributed by atoms with E-state index in [0.717, 1.165) is 23.6 Å². The van der Waals surface area contributed by atoms with Crippen molar-refractivity contribution in [3.8, 4) is 17.2 Å². The highest BCUT2D eigenvalue weighted by molar-refractivity contribution is 7.09. The molecule has 1 aromatic heterocycles. The van der Waals surface area contributed by atoms with E-state index >= 15 is 0 Å². The zero-order chi connectivity index (χ0) is 14.9. The number of thiazole rings is 1. The van der Waals surface area contributed by atoms with Gasteiger partial charge >= 0.3 is 0 Å². The number of nitrogens with zero attached hydrogens (tertiary/aromatic N) is 1. The third-order valence-electron chi connectivity index (χ3n) is 3.40. The van der Waals surface area contributed by atoms with E-state index in [9.17, 15) is 4.79 Å². The minimum atomic E-state index is -0.104. The summed E-state index contributed by atoms with van der Waals surface area (Å²) in [5.74, 6) is 1.98. The molecule has 1 N–H and O–H groups in total. The van der Waals surface area contributed by atoms with Gasteiger partial charge in [0.25, 0.3) is 5.91 Å². The van der Waals surface area contributed by atoms with E-state index < -0.39 is 0 Å². The molecule has 22 heavy (non-hydrogen) atoms. The van der Waals surface area contributed by atoms with Crippen LogP contribution < -0.4 is 19.5 Å². The van der Waals surface area contributed by atoms with Crippen molar-refractivity contribution in [1.82, 2.24) is 10.3 Å². The molecule has 0 atom stereocenters. The lowest BCUT2D eigenvalue weighted by atomic mass is 10.3. The molecule has 114 valence electrons. The maximum atomic E-state index is 11.9. The van der Waals surface area contributed by atoms with Gasteiger partial charge in [0.1, 0.15) is 23.1 Å². The molecule has 0 bridgehead atoms. The topological polar surface area (TPSA) is 69.7 Å². The van der Waals surface area contributed by atoms with Crippen molar-refractivity contribution in [2.75, 3.05) is 6.79 Å². The lowest BCUT2D eigenvalue weighted by Gasteiger charge is -2.04. The van der Waals surface area contributed by atoms with Crippen LogP contribution in [0.3, 0.4) is 0 Å². The van der Waals surface area contributed by atoms with E-state index in [1.54, 1.807) is 11.4 Å². The largest absolute Gasteiger partial charge is 0.486 e. The molecule has 0 spiro atoms. The van der Waals surface area contributed by atoms with Crippen molar-refractivity contribution in [3.05, 3.63) is 34.3 Å². The lowest BCUT2D eigenvalue weighted by molar-refractivity contribution is 0.0946. The standard InChI is InChI=1S/C15H14N2O4S/c18-15(16-9-1-2-9)11-7-22-14(17-11)6-19-10-3-4-12-13(5-10)21-8-20-12/h3-5,7,9H,1-2,6,8H2,(H,16,18). The van der Waals surface area contributed by atoms with Crippen LogP contribution in [0.1, 0.15) is 28.3 Å². The van der Waals surface area contributed by atoms with Crippen molar-refractivity contribution in [2.24, 2.45) is 0 Å². The molecule has 4 rings (SSSR count). The molecule has 7 heteroatoms. The summed E-state index contributed by atoms with van der Waals surface area (Å²) in [6.45, 7) is 0.561. The second kappa shape index (κ2) is 5.49. The van der Waals surface area contributed by atoms with Crippen molar-refractivity contribution < 1.29 is 19.0 Å². The molecule has 1 aliphatic heterocycles. The van der Waals surface area contributed by atoms with Crippen LogP contribution in [0.25, 0.3) is 0 Å². The average molecular weight is 318 g/mol. The number of hydrogen-bond acceptors (Lipinski definition) is 6. The fourth-order valence-corrected chi connectivity index (χ4v) is 2.77. The van der Waals surface area contributed by atoms with Crippen LogP contribution in [0.15, 0.2) is 23.6 Å². The first kappa shape index (κ1) is 13.4. The predicted molar refractivity (Wildman–Crippen MR) is 79.5 cm³/mol. The minimum Gasteiger partial charge on any atom is -0.486 e. The molecule has 0 radical (unpaired) electrons. The molecule has 1 aromatic carbocycles. The molecular weight excluding hydrogens is 304 g/mol. The van der Waals surface area contributed by atoms with Crippen LogP contribution in [-0.2, 0) is 6.61 Å². The summed E-state index contributed by atoms with van der Waals surface area (Å²) in [4.78, 5) is 16.2. The number of nitrogens with one attached hydrogen (secondary N) is 1. The van der Waals surface area contributed by atoms with Crippen molar-refractivity contribution in [2.45, 2.75) is 25.5 Å². The van der Waals surface area contributed by atoms with Gasteiger partial charge in [0.2, 0.25) is 6.79 Å². The van der Waals surface area contributed by atoms with Gasteiger partial charge in [0, 0.05) is 17.5 Å². The van der Waals surface area contributed by atoms with Gasteiger partial charge in [-0.25, -0.2) is 4.98 Å². The Hall–Kier alpha value is -2.28. The molecule has 1 saturated carbocycles. The summed E-state index contributed by atoms with van der Waals surface area (Å²) >= 11 is 1.42. The number of amides is 1. The quantitative estimate of drug-likeness (QED) is 0.916. The molecular formula is C15H14N2O4S. The molecule has 1 amide bonds. The smallest absolute Gasteiger partial charge is 0.270 e. The second-order valence-electron chi connectivity index (χ2n) is 5.18. The Morgan fingerprint density at radius 1 is 1.36 bits per heavy atom. The first-order valence-corrected chi connectivity index (χ1v) is 7.93. The van der Waals surface area contributed by atoms with Crippen LogP contribution in [0.5, 0.6) is 17.2 Å². The summed E-state index contributed by atoms with van der Waals surface area (Å²) in [5, 5.41) is 5.44. The highest BCUT2D eigenvalue weighted by Crippen LogP contribution is 2.35. The SMILES string of the molecule is O=C(NC1CC1)c1csc(COc2ccc3c(c2)OCO3)n1. The number of ether oxygens (including phenoxy) is 3. The van der Waals surface area contributed by atoms with E-state index in [-0.39, 0.29) is 12.7 Å². The molecule has 1 aliphatic carbocycles. The third kappa shape index (κ3) is 2.85. The van der Waals surface area contributed by atoms with Gasteiger partial charge in [-0.2, -0.15) is 0 Å². The maximum absolute atomic E-state index is 11.9. The van der Waals surface area contributed by atoms with E-state index in [4.69, 9.17) is 14.2 Å². The van der Waals surface area contributed by atoms with Crippen LogP contribution in [0.2, 0.25) is 0 Å². The Morgan fingerprint density at radius 2 is 2.23 bits per heavy atom. The first-order chi connectivity index (χ1) is 10.8. The molecule has 0 unspecified atom stereocenters. The number of aromatic nitrogens is 1. The lowest BCUT2D eigenvalue weighted by Crippen LogP contribution is -2.25. The number of carbonyl (C=O) groups is 1. The Labute approximate surface area is 131 Å². The highest BCUT2D eigenvalue weighted by Gasteiger charge is 2.24. The molecule has 2 aromatic rings. The van der Waals surface area contributed by atoms with Crippen molar-refractivity contribution >= 4 is 17.2 Å². The van der Waals surface area contributed by atoms with E-state index in [1.807, 2.05) is 12.1 Å². The zero-order valence-corrected chi connectivity index (χ0v) is 12.5. The number of hydrogen-bond donors (Lipinski definition) is 1. The van der Waals surface area contributed by atoms with Gasteiger partial charge in [0.15, 0.2) is 11.5 Å². The average Bonchev–Trinajstić information content (AvgIpc) is 3.05. The molecule has 0 saturated heterocycles. The van der Waals surface area contributed by atoms with Crippen LogP contribution in [0.4, 0.5) is 0 Å². The van der Waals surface area contributed by atoms with E-state index in [0.29, 0.717) is 29.8 Å². The van der Waals surface area contributed by atoms with E-state index in [1.165, 1.54) is 11.3 Å². The van der Waals surface area contributed by atoms with Gasteiger partial charge in [-0.3, -0.25) is 4.79 Å². The fourth-order valence-electron chi connectivity index (χ4n) is 2.08. The predicted octanol–water partition coefficient (Wildman–Crippen LogP) is 2.34. The van der Waals surface area contributed by atoms with Crippen LogP contribution in [0, 0.1) is 0 Å². The van der Waals surface area contributed by atoms with Crippen LogP contribution >= 0.6 is 11.3 Å². The molecule has 6 nitrogen and oxygen atoms in total. The summed E-state index contributed by atoms with van der Waals surface area (Å²) in [7, 11) is 0.